The molecule has 1 aromatic rings. The highest BCUT2D eigenvalue weighted by atomic mass is 16.5. The maximum absolute atomic E-state index is 10.0. The van der Waals surface area contributed by atoms with E-state index in [1.54, 1.807) is 21.3 Å². The van der Waals surface area contributed by atoms with Gasteiger partial charge in [0.05, 0.1) is 26.4 Å². The van der Waals surface area contributed by atoms with Crippen molar-refractivity contribution in [3.05, 3.63) is 23.3 Å². The van der Waals surface area contributed by atoms with E-state index in [9.17, 15) is 5.11 Å². The smallest absolute Gasteiger partial charge is 0.128 e. The monoisotopic (exact) mass is 252 g/mol. The van der Waals surface area contributed by atoms with Crippen LogP contribution in [0, 0.1) is 0 Å². The number of ether oxygens (including phenoxy) is 3. The van der Waals surface area contributed by atoms with Crippen LogP contribution in [0.3, 0.4) is 0 Å². The van der Waals surface area contributed by atoms with Gasteiger partial charge in [-0.25, -0.2) is 0 Å². The molecule has 1 aliphatic carbocycles. The normalized spacial score (nSPS) is 16.4. The third kappa shape index (κ3) is 2.76. The molecule has 0 atom stereocenters. The second kappa shape index (κ2) is 5.16. The van der Waals surface area contributed by atoms with E-state index >= 15 is 0 Å². The molecule has 4 heteroatoms. The number of rotatable bonds is 6. The van der Waals surface area contributed by atoms with Gasteiger partial charge in [0, 0.05) is 25.2 Å². The summed E-state index contributed by atoms with van der Waals surface area (Å²) in [7, 11) is 4.91. The molecule has 0 bridgehead atoms. The molecule has 0 aromatic heterocycles. The highest BCUT2D eigenvalue weighted by molar-refractivity contribution is 5.47. The maximum atomic E-state index is 10.0. The number of methoxy groups -OCH3 is 3. The molecule has 100 valence electrons. The third-order valence-electron chi connectivity index (χ3n) is 3.33. The summed E-state index contributed by atoms with van der Waals surface area (Å²) in [4.78, 5) is 0. The minimum atomic E-state index is -0.536. The molecule has 1 N–H and O–H groups in total. The van der Waals surface area contributed by atoms with Crippen molar-refractivity contribution >= 4 is 0 Å². The standard InChI is InChI=1S/C14H20O4/c1-16-9-11-6-10(8-14(15)4-5-14)12(17-2)7-13(11)18-3/h6-7,15H,4-5,8-9H2,1-3H3. The number of hydrogen-bond donors (Lipinski definition) is 1. The Kier molecular flexibility index (Phi) is 3.78. The summed E-state index contributed by atoms with van der Waals surface area (Å²) < 4.78 is 15.8. The molecule has 1 saturated carbocycles. The van der Waals surface area contributed by atoms with Gasteiger partial charge in [-0.3, -0.25) is 0 Å². The molecule has 0 amide bonds. The number of benzene rings is 1. The van der Waals surface area contributed by atoms with Crippen LogP contribution in [0.2, 0.25) is 0 Å². The van der Waals surface area contributed by atoms with Crippen LogP contribution in [0.1, 0.15) is 24.0 Å². The SMILES string of the molecule is COCc1cc(CC2(O)CC2)c(OC)cc1OC. The highest BCUT2D eigenvalue weighted by Gasteiger charge is 2.41. The van der Waals surface area contributed by atoms with E-state index in [1.807, 2.05) is 12.1 Å². The zero-order valence-electron chi connectivity index (χ0n) is 11.2. The van der Waals surface area contributed by atoms with Gasteiger partial charge in [-0.2, -0.15) is 0 Å². The quantitative estimate of drug-likeness (QED) is 0.840. The van der Waals surface area contributed by atoms with Crippen LogP contribution in [0.15, 0.2) is 12.1 Å². The van der Waals surface area contributed by atoms with Crippen molar-refractivity contribution < 1.29 is 19.3 Å². The first kappa shape index (κ1) is 13.2. The van der Waals surface area contributed by atoms with Crippen LogP contribution >= 0.6 is 0 Å². The Bertz CT molecular complexity index is 424. The molecule has 1 fully saturated rings. The van der Waals surface area contributed by atoms with E-state index < -0.39 is 5.60 Å². The molecule has 2 rings (SSSR count). The van der Waals surface area contributed by atoms with Gasteiger partial charge in [-0.05, 0) is 24.5 Å². The summed E-state index contributed by atoms with van der Waals surface area (Å²) >= 11 is 0. The van der Waals surface area contributed by atoms with E-state index in [0.717, 1.165) is 35.5 Å². The fraction of sp³-hybridized carbons (Fsp3) is 0.571. The predicted octanol–water partition coefficient (Wildman–Crippen LogP) is 1.92. The number of hydrogen-bond acceptors (Lipinski definition) is 4. The first-order valence-corrected chi connectivity index (χ1v) is 6.07. The molecule has 1 aliphatic rings. The number of aliphatic hydroxyl groups is 1. The largest absolute Gasteiger partial charge is 0.496 e. The van der Waals surface area contributed by atoms with Crippen molar-refractivity contribution in [3.8, 4) is 11.5 Å². The van der Waals surface area contributed by atoms with Crippen molar-refractivity contribution in [2.24, 2.45) is 0 Å². The molecule has 0 saturated heterocycles. The van der Waals surface area contributed by atoms with Crippen molar-refractivity contribution in [1.82, 2.24) is 0 Å². The lowest BCUT2D eigenvalue weighted by molar-refractivity contribution is 0.149. The van der Waals surface area contributed by atoms with Crippen molar-refractivity contribution in [1.29, 1.82) is 0 Å². The topological polar surface area (TPSA) is 47.9 Å². The summed E-state index contributed by atoms with van der Waals surface area (Å²) in [6.45, 7) is 0.485. The van der Waals surface area contributed by atoms with Crippen LogP contribution in [0.25, 0.3) is 0 Å². The maximum Gasteiger partial charge on any atom is 0.128 e. The van der Waals surface area contributed by atoms with Crippen LogP contribution in [-0.2, 0) is 17.8 Å². The molecule has 0 aliphatic heterocycles. The molecule has 0 spiro atoms. The minimum absolute atomic E-state index is 0.485. The minimum Gasteiger partial charge on any atom is -0.496 e. The zero-order chi connectivity index (χ0) is 13.2. The summed E-state index contributed by atoms with van der Waals surface area (Å²) in [5, 5.41) is 10.0. The van der Waals surface area contributed by atoms with Gasteiger partial charge in [0.2, 0.25) is 0 Å². The van der Waals surface area contributed by atoms with Gasteiger partial charge in [0.1, 0.15) is 11.5 Å². The summed E-state index contributed by atoms with van der Waals surface area (Å²) in [6.07, 6.45) is 2.35. The Morgan fingerprint density at radius 3 is 2.17 bits per heavy atom. The Hall–Kier alpha value is -1.26. The van der Waals surface area contributed by atoms with Crippen LogP contribution < -0.4 is 9.47 Å². The molecule has 0 heterocycles. The van der Waals surface area contributed by atoms with Gasteiger partial charge in [0.25, 0.3) is 0 Å². The van der Waals surface area contributed by atoms with Crippen molar-refractivity contribution in [2.75, 3.05) is 21.3 Å². The van der Waals surface area contributed by atoms with Gasteiger partial charge in [0.15, 0.2) is 0 Å². The average molecular weight is 252 g/mol. The lowest BCUT2D eigenvalue weighted by atomic mass is 10.0. The summed E-state index contributed by atoms with van der Waals surface area (Å²) in [5.74, 6) is 1.51. The van der Waals surface area contributed by atoms with E-state index in [2.05, 4.69) is 0 Å². The first-order valence-electron chi connectivity index (χ1n) is 6.07. The van der Waals surface area contributed by atoms with Crippen molar-refractivity contribution in [3.63, 3.8) is 0 Å². The lowest BCUT2D eigenvalue weighted by Gasteiger charge is -2.16. The zero-order valence-corrected chi connectivity index (χ0v) is 11.2. The van der Waals surface area contributed by atoms with Crippen LogP contribution in [-0.4, -0.2) is 32.0 Å². The summed E-state index contributed by atoms with van der Waals surface area (Å²) in [6, 6.07) is 3.85. The Morgan fingerprint density at radius 2 is 1.67 bits per heavy atom. The molecule has 18 heavy (non-hydrogen) atoms. The van der Waals surface area contributed by atoms with E-state index in [1.165, 1.54) is 0 Å². The van der Waals surface area contributed by atoms with Gasteiger partial charge in [-0.1, -0.05) is 0 Å². The van der Waals surface area contributed by atoms with E-state index in [0.29, 0.717) is 13.0 Å². The molecule has 1 aromatic carbocycles. The molecular formula is C14H20O4. The fourth-order valence-corrected chi connectivity index (χ4v) is 2.12. The van der Waals surface area contributed by atoms with Crippen LogP contribution in [0.4, 0.5) is 0 Å². The Balaban J connectivity index is 2.33. The second-order valence-corrected chi connectivity index (χ2v) is 4.81. The molecule has 0 radical (unpaired) electrons. The van der Waals surface area contributed by atoms with Crippen molar-refractivity contribution in [2.45, 2.75) is 31.5 Å². The second-order valence-electron chi connectivity index (χ2n) is 4.81. The van der Waals surface area contributed by atoms with Crippen LogP contribution in [0.5, 0.6) is 11.5 Å². The third-order valence-corrected chi connectivity index (χ3v) is 3.33. The Labute approximate surface area is 107 Å². The molecular weight excluding hydrogens is 232 g/mol. The molecule has 4 nitrogen and oxygen atoms in total. The average Bonchev–Trinajstić information content (AvgIpc) is 3.07. The predicted molar refractivity (Wildman–Crippen MR) is 68.1 cm³/mol. The first-order chi connectivity index (χ1) is 8.61. The Morgan fingerprint density at radius 1 is 1.06 bits per heavy atom. The summed E-state index contributed by atoms with van der Waals surface area (Å²) in [5.41, 5.74) is 1.44. The van der Waals surface area contributed by atoms with Gasteiger partial charge >= 0.3 is 0 Å². The lowest BCUT2D eigenvalue weighted by Crippen LogP contribution is -2.12. The van der Waals surface area contributed by atoms with Gasteiger partial charge in [-0.15, -0.1) is 0 Å². The highest BCUT2D eigenvalue weighted by Crippen LogP contribution is 2.41. The van der Waals surface area contributed by atoms with Gasteiger partial charge < -0.3 is 19.3 Å². The van der Waals surface area contributed by atoms with E-state index in [4.69, 9.17) is 14.2 Å². The van der Waals surface area contributed by atoms with E-state index in [-0.39, 0.29) is 0 Å². The fourth-order valence-electron chi connectivity index (χ4n) is 2.12. The molecule has 0 unspecified atom stereocenters.